The fraction of sp³-hybridized carbons (Fsp3) is 0.400. The lowest BCUT2D eigenvalue weighted by Crippen LogP contribution is -2.22. The normalized spacial score (nSPS) is 11.6. The molecule has 184 valence electrons. The monoisotopic (exact) mass is 496 g/mol. The van der Waals surface area contributed by atoms with Crippen LogP contribution in [0.25, 0.3) is 0 Å². The zero-order valence-corrected chi connectivity index (χ0v) is 20.7. The maximum atomic E-state index is 10.0. The van der Waals surface area contributed by atoms with Crippen LogP contribution in [-0.2, 0) is 20.0 Å². The molecule has 0 fully saturated rings. The number of phenols is 2. The number of rotatable bonds is 0. The first-order chi connectivity index (χ1) is 14.0. The summed E-state index contributed by atoms with van der Waals surface area (Å²) >= 11 is 0. The molecule has 0 aliphatic heterocycles. The van der Waals surface area contributed by atoms with E-state index in [9.17, 15) is 10.2 Å². The van der Waals surface area contributed by atoms with Crippen molar-refractivity contribution < 1.29 is 48.7 Å². The molecule has 32 heavy (non-hydrogen) atoms. The van der Waals surface area contributed by atoms with Crippen LogP contribution in [-0.4, -0.2) is 39.6 Å². The second kappa shape index (κ2) is 13.1. The van der Waals surface area contributed by atoms with Crippen molar-refractivity contribution in [2.24, 2.45) is 0 Å². The van der Waals surface area contributed by atoms with Crippen molar-refractivity contribution >= 4 is 15.6 Å². The molecule has 0 aliphatic carbocycles. The van der Waals surface area contributed by atoms with Crippen LogP contribution in [0.5, 0.6) is 11.5 Å². The highest BCUT2D eigenvalue weighted by molar-refractivity contribution is 7.45. The molecular formula is C20H34O10P2. The van der Waals surface area contributed by atoms with Gasteiger partial charge in [0, 0.05) is 11.1 Å². The molecule has 0 saturated heterocycles. The van der Waals surface area contributed by atoms with Crippen molar-refractivity contribution in [3.63, 3.8) is 0 Å². The van der Waals surface area contributed by atoms with Gasteiger partial charge in [0.25, 0.3) is 0 Å². The molecule has 0 radical (unpaired) electrons. The lowest BCUT2D eigenvalue weighted by Gasteiger charge is -2.31. The molecule has 2 aromatic rings. The molecule has 0 atom stereocenters. The van der Waals surface area contributed by atoms with Crippen LogP contribution in [0.15, 0.2) is 48.5 Å². The number of hydrogen-bond acceptors (Lipinski definition) is 4. The summed E-state index contributed by atoms with van der Waals surface area (Å²) in [5.74, 6) is 0.519. The van der Waals surface area contributed by atoms with Gasteiger partial charge in [0.05, 0.1) is 0 Å². The molecule has 0 spiro atoms. The zero-order valence-electron chi connectivity index (χ0n) is 18.9. The van der Waals surface area contributed by atoms with Gasteiger partial charge in [0.2, 0.25) is 0 Å². The highest BCUT2D eigenvalue weighted by atomic mass is 31.2. The van der Waals surface area contributed by atoms with Gasteiger partial charge in [-0.1, -0.05) is 77.9 Å². The molecule has 0 amide bonds. The number of benzene rings is 2. The molecule has 0 aliphatic rings. The van der Waals surface area contributed by atoms with Gasteiger partial charge in [-0.3, -0.25) is 0 Å². The fourth-order valence-electron chi connectivity index (χ4n) is 2.48. The Labute approximate surface area is 188 Å². The van der Waals surface area contributed by atoms with Gasteiger partial charge >= 0.3 is 15.6 Å². The average molecular weight is 496 g/mol. The minimum absolute atomic E-state index is 0.189. The van der Waals surface area contributed by atoms with Crippen LogP contribution < -0.4 is 0 Å². The number of phosphoric acid groups is 2. The Morgan fingerprint density at radius 1 is 0.531 bits per heavy atom. The third-order valence-electron chi connectivity index (χ3n) is 3.33. The van der Waals surface area contributed by atoms with E-state index in [-0.39, 0.29) is 22.3 Å². The summed E-state index contributed by atoms with van der Waals surface area (Å²) in [5.41, 5.74) is 1.29. The predicted molar refractivity (Wildman–Crippen MR) is 122 cm³/mol. The molecule has 0 unspecified atom stereocenters. The average Bonchev–Trinajstić information content (AvgIpc) is 2.54. The van der Waals surface area contributed by atoms with E-state index in [0.717, 1.165) is 11.1 Å². The maximum Gasteiger partial charge on any atom is 0.466 e. The highest BCUT2D eigenvalue weighted by Crippen LogP contribution is 2.43. The topological polar surface area (TPSA) is 196 Å². The van der Waals surface area contributed by atoms with Crippen molar-refractivity contribution in [1.82, 2.24) is 0 Å². The van der Waals surface area contributed by atoms with Gasteiger partial charge in [-0.15, -0.1) is 0 Å². The Bertz CT molecular complexity index is 789. The zero-order chi connectivity index (χ0) is 26.0. The summed E-state index contributed by atoms with van der Waals surface area (Å²) in [6.07, 6.45) is 0. The largest absolute Gasteiger partial charge is 0.508 e. The van der Waals surface area contributed by atoms with E-state index in [2.05, 4.69) is 0 Å². The van der Waals surface area contributed by atoms with E-state index >= 15 is 0 Å². The Morgan fingerprint density at radius 3 is 0.812 bits per heavy atom. The summed E-state index contributed by atoms with van der Waals surface area (Å²) in [6.45, 7) is 12.2. The lowest BCUT2D eigenvalue weighted by atomic mass is 9.74. The highest BCUT2D eigenvalue weighted by Gasteiger charge is 2.30. The van der Waals surface area contributed by atoms with E-state index in [0.29, 0.717) is 0 Å². The van der Waals surface area contributed by atoms with Gasteiger partial charge in [0.15, 0.2) is 0 Å². The summed E-state index contributed by atoms with van der Waals surface area (Å²) in [5, 5.41) is 20.0. The van der Waals surface area contributed by atoms with Crippen LogP contribution in [0, 0.1) is 0 Å². The van der Waals surface area contributed by atoms with Gasteiger partial charge in [-0.2, -0.15) is 0 Å². The summed E-state index contributed by atoms with van der Waals surface area (Å²) in [4.78, 5) is 43.1. The fourth-order valence-corrected chi connectivity index (χ4v) is 2.48. The van der Waals surface area contributed by atoms with E-state index in [1.807, 2.05) is 77.9 Å². The number of hydrogen-bond donors (Lipinski definition) is 8. The van der Waals surface area contributed by atoms with Crippen LogP contribution >= 0.6 is 15.6 Å². The molecule has 0 bridgehead atoms. The molecule has 10 nitrogen and oxygen atoms in total. The first kappa shape index (κ1) is 32.4. The summed E-state index contributed by atoms with van der Waals surface area (Å²) in [6, 6.07) is 15.1. The van der Waals surface area contributed by atoms with E-state index in [1.54, 1.807) is 12.1 Å². The van der Waals surface area contributed by atoms with Crippen molar-refractivity contribution in [2.45, 2.75) is 52.4 Å². The number of phenolic OH excluding ortho intramolecular Hbond substituents is 2. The first-order valence-electron chi connectivity index (χ1n) is 9.17. The van der Waals surface area contributed by atoms with Crippen molar-refractivity contribution in [2.75, 3.05) is 0 Å². The van der Waals surface area contributed by atoms with Crippen molar-refractivity contribution in [3.8, 4) is 11.5 Å². The van der Waals surface area contributed by atoms with Crippen LogP contribution in [0.1, 0.15) is 52.7 Å². The summed E-state index contributed by atoms with van der Waals surface area (Å²) in [7, 11) is -9.28. The molecule has 2 rings (SSSR count). The van der Waals surface area contributed by atoms with Crippen molar-refractivity contribution in [1.29, 1.82) is 0 Å². The quantitative estimate of drug-likeness (QED) is 0.197. The van der Waals surface area contributed by atoms with E-state index < -0.39 is 15.6 Å². The molecule has 12 heteroatoms. The maximum absolute atomic E-state index is 10.0. The molecule has 0 saturated carbocycles. The van der Waals surface area contributed by atoms with Gasteiger partial charge < -0.3 is 39.6 Å². The Balaban J connectivity index is 0. The van der Waals surface area contributed by atoms with Crippen LogP contribution in [0.4, 0.5) is 0 Å². The van der Waals surface area contributed by atoms with Crippen LogP contribution in [0.3, 0.4) is 0 Å². The third-order valence-corrected chi connectivity index (χ3v) is 3.33. The standard InChI is InChI=1S/C14H22O2.C6H6.2H3O4P/c1-13(2,3)11-9(15)7-8-10(16)12(11)14(4,5)6;1-2-4-6-5-3-1;2*1-5(2,3)4/h7-8,15-16H,1-6H3;1-6H;2*(H3,1,2,3,4). The minimum atomic E-state index is -4.64. The summed E-state index contributed by atoms with van der Waals surface area (Å²) < 4.78 is 17.8. The first-order valence-corrected chi connectivity index (χ1v) is 12.3. The lowest BCUT2D eigenvalue weighted by molar-refractivity contribution is 0.272. The van der Waals surface area contributed by atoms with E-state index in [1.165, 1.54) is 0 Å². The predicted octanol–water partition coefficient (Wildman–Crippen LogP) is 3.52. The second-order valence-corrected chi connectivity index (χ2v) is 10.6. The number of aromatic hydroxyl groups is 2. The van der Waals surface area contributed by atoms with Gasteiger partial charge in [-0.05, 0) is 23.0 Å². The molecule has 0 aromatic heterocycles. The second-order valence-electron chi connectivity index (χ2n) is 8.54. The van der Waals surface area contributed by atoms with Gasteiger partial charge in [0.1, 0.15) is 11.5 Å². The SMILES string of the molecule is CC(C)(C)c1c(O)ccc(O)c1C(C)(C)C.O=P(O)(O)O.O=P(O)(O)O.c1ccccc1. The van der Waals surface area contributed by atoms with Gasteiger partial charge in [-0.25, -0.2) is 9.13 Å². The Hall–Kier alpha value is -1.74. The third kappa shape index (κ3) is 19.0. The Morgan fingerprint density at radius 2 is 0.688 bits per heavy atom. The molecule has 0 heterocycles. The molecule has 2 aromatic carbocycles. The Kier molecular flexibility index (Phi) is 13.3. The molecule has 8 N–H and O–H groups in total. The van der Waals surface area contributed by atoms with E-state index in [4.69, 9.17) is 38.5 Å². The van der Waals surface area contributed by atoms with Crippen LogP contribution in [0.2, 0.25) is 0 Å². The molecular weight excluding hydrogens is 462 g/mol. The minimum Gasteiger partial charge on any atom is -0.508 e. The van der Waals surface area contributed by atoms with Crippen molar-refractivity contribution in [3.05, 3.63) is 59.7 Å². The smallest absolute Gasteiger partial charge is 0.466 e.